The van der Waals surface area contributed by atoms with Gasteiger partial charge >= 0.3 is 5.97 Å². The molecule has 25 heavy (non-hydrogen) atoms. The molecule has 1 aliphatic rings. The third-order valence-corrected chi connectivity index (χ3v) is 4.74. The molecule has 1 saturated heterocycles. The third-order valence-electron chi connectivity index (χ3n) is 3.49. The van der Waals surface area contributed by atoms with Crippen LogP contribution in [0.15, 0.2) is 30.3 Å². The summed E-state index contributed by atoms with van der Waals surface area (Å²) < 4.78 is 31.5. The second-order valence-corrected chi connectivity index (χ2v) is 7.39. The molecule has 1 heterocycles. The van der Waals surface area contributed by atoms with Crippen molar-refractivity contribution in [3.05, 3.63) is 35.9 Å². The van der Waals surface area contributed by atoms with Crippen LogP contribution in [0, 0.1) is 0 Å². The minimum atomic E-state index is -3.73. The second-order valence-electron chi connectivity index (χ2n) is 5.58. The molecular formula is C16H20N2O6S. The van der Waals surface area contributed by atoms with Gasteiger partial charge in [-0.2, -0.15) is 0 Å². The van der Waals surface area contributed by atoms with Gasteiger partial charge in [-0.05, 0) is 36.6 Å². The van der Waals surface area contributed by atoms with E-state index in [1.54, 1.807) is 24.3 Å². The standard InChI is InChI=1S/C16H20N2O6S/c19-15(11-25(22,23)17-10-14-2-1-9-24-14)18-13-6-3-12(4-7-13)5-8-16(20)21/h3-8,14,17H,1-2,9-11H2,(H,18,19)(H,20,21)/b8-5+. The van der Waals surface area contributed by atoms with Gasteiger partial charge in [0.05, 0.1) is 6.10 Å². The lowest BCUT2D eigenvalue weighted by Crippen LogP contribution is -2.37. The zero-order valence-electron chi connectivity index (χ0n) is 13.5. The fourth-order valence-corrected chi connectivity index (χ4v) is 3.25. The van der Waals surface area contributed by atoms with E-state index in [2.05, 4.69) is 10.0 Å². The van der Waals surface area contributed by atoms with Crippen molar-refractivity contribution >= 4 is 33.7 Å². The maximum Gasteiger partial charge on any atom is 0.328 e. The molecule has 1 amide bonds. The van der Waals surface area contributed by atoms with Crippen LogP contribution in [0.5, 0.6) is 0 Å². The van der Waals surface area contributed by atoms with Crippen molar-refractivity contribution in [3.8, 4) is 0 Å². The largest absolute Gasteiger partial charge is 0.478 e. The van der Waals surface area contributed by atoms with Crippen molar-refractivity contribution < 1.29 is 27.9 Å². The van der Waals surface area contributed by atoms with Crippen LogP contribution in [0.25, 0.3) is 6.08 Å². The predicted molar refractivity (Wildman–Crippen MR) is 92.5 cm³/mol. The molecule has 0 spiro atoms. The number of anilines is 1. The van der Waals surface area contributed by atoms with Gasteiger partial charge in [-0.25, -0.2) is 17.9 Å². The quantitative estimate of drug-likeness (QED) is 0.584. The van der Waals surface area contributed by atoms with Gasteiger partial charge in [-0.3, -0.25) is 4.79 Å². The minimum absolute atomic E-state index is 0.135. The summed E-state index contributed by atoms with van der Waals surface area (Å²) in [5.74, 6) is -2.40. The Morgan fingerprint density at radius 1 is 1.28 bits per heavy atom. The first-order valence-electron chi connectivity index (χ1n) is 7.74. The van der Waals surface area contributed by atoms with Gasteiger partial charge in [-0.1, -0.05) is 12.1 Å². The van der Waals surface area contributed by atoms with Crippen LogP contribution in [0.2, 0.25) is 0 Å². The molecule has 0 radical (unpaired) electrons. The van der Waals surface area contributed by atoms with E-state index in [4.69, 9.17) is 9.84 Å². The van der Waals surface area contributed by atoms with Crippen molar-refractivity contribution in [1.29, 1.82) is 0 Å². The molecule has 0 bridgehead atoms. The summed E-state index contributed by atoms with van der Waals surface area (Å²) in [4.78, 5) is 22.3. The van der Waals surface area contributed by atoms with Crippen LogP contribution in [-0.2, 0) is 24.3 Å². The van der Waals surface area contributed by atoms with E-state index < -0.39 is 27.7 Å². The highest BCUT2D eigenvalue weighted by atomic mass is 32.2. The SMILES string of the molecule is O=C(O)/C=C/c1ccc(NC(=O)CS(=O)(=O)NCC2CCCO2)cc1. The number of carbonyl (C=O) groups is 2. The number of carboxylic acids is 1. The summed E-state index contributed by atoms with van der Waals surface area (Å²) in [6.07, 6.45) is 3.99. The first-order valence-corrected chi connectivity index (χ1v) is 9.39. The number of carboxylic acid groups (broad SMARTS) is 1. The Morgan fingerprint density at radius 3 is 2.60 bits per heavy atom. The molecule has 1 aliphatic heterocycles. The molecule has 2 rings (SSSR count). The van der Waals surface area contributed by atoms with Gasteiger partial charge in [0.15, 0.2) is 0 Å². The Bertz CT molecular complexity index is 736. The molecule has 0 aromatic heterocycles. The van der Waals surface area contributed by atoms with Gasteiger partial charge in [0.25, 0.3) is 0 Å². The fraction of sp³-hybridized carbons (Fsp3) is 0.375. The molecule has 1 aromatic rings. The number of hydrogen-bond donors (Lipinski definition) is 3. The number of sulfonamides is 1. The minimum Gasteiger partial charge on any atom is -0.478 e. The predicted octanol–water partition coefficient (Wildman–Crippen LogP) is 0.821. The van der Waals surface area contributed by atoms with E-state index in [1.165, 1.54) is 6.08 Å². The van der Waals surface area contributed by atoms with Gasteiger partial charge < -0.3 is 15.2 Å². The second kappa shape index (κ2) is 8.75. The van der Waals surface area contributed by atoms with E-state index in [1.807, 2.05) is 0 Å². The fourth-order valence-electron chi connectivity index (χ4n) is 2.29. The van der Waals surface area contributed by atoms with Crippen molar-refractivity contribution in [3.63, 3.8) is 0 Å². The number of ether oxygens (including phenoxy) is 1. The number of aliphatic carboxylic acids is 1. The Kier molecular flexibility index (Phi) is 6.68. The number of nitrogens with one attached hydrogen (secondary N) is 2. The van der Waals surface area contributed by atoms with Crippen LogP contribution < -0.4 is 10.0 Å². The lowest BCUT2D eigenvalue weighted by molar-refractivity contribution is -0.131. The Labute approximate surface area is 145 Å². The number of amides is 1. The summed E-state index contributed by atoms with van der Waals surface area (Å²) in [5, 5.41) is 11.0. The summed E-state index contributed by atoms with van der Waals surface area (Å²) in [5.41, 5.74) is 1.07. The molecule has 9 heteroatoms. The van der Waals surface area contributed by atoms with Crippen molar-refractivity contribution in [2.45, 2.75) is 18.9 Å². The van der Waals surface area contributed by atoms with E-state index in [-0.39, 0.29) is 12.6 Å². The lowest BCUT2D eigenvalue weighted by atomic mass is 10.2. The first kappa shape index (κ1) is 19.1. The molecule has 1 atom stereocenters. The Hall–Kier alpha value is -2.23. The van der Waals surface area contributed by atoms with Gasteiger partial charge in [0.2, 0.25) is 15.9 Å². The molecular weight excluding hydrogens is 348 g/mol. The number of benzene rings is 1. The maximum atomic E-state index is 11.9. The number of rotatable bonds is 8. The highest BCUT2D eigenvalue weighted by Gasteiger charge is 2.21. The van der Waals surface area contributed by atoms with Crippen LogP contribution in [0.1, 0.15) is 18.4 Å². The van der Waals surface area contributed by atoms with Gasteiger partial charge in [-0.15, -0.1) is 0 Å². The molecule has 1 unspecified atom stereocenters. The Balaban J connectivity index is 1.83. The van der Waals surface area contributed by atoms with Gasteiger partial charge in [0.1, 0.15) is 5.75 Å². The van der Waals surface area contributed by atoms with Crippen LogP contribution >= 0.6 is 0 Å². The molecule has 0 saturated carbocycles. The van der Waals surface area contributed by atoms with Crippen molar-refractivity contribution in [2.75, 3.05) is 24.2 Å². The molecule has 1 aromatic carbocycles. The third kappa shape index (κ3) is 7.04. The Morgan fingerprint density at radius 2 is 2.00 bits per heavy atom. The molecule has 136 valence electrons. The zero-order chi connectivity index (χ0) is 18.3. The summed E-state index contributed by atoms with van der Waals surface area (Å²) >= 11 is 0. The summed E-state index contributed by atoms with van der Waals surface area (Å²) in [6, 6.07) is 6.34. The maximum absolute atomic E-state index is 11.9. The van der Waals surface area contributed by atoms with E-state index in [9.17, 15) is 18.0 Å². The monoisotopic (exact) mass is 368 g/mol. The van der Waals surface area contributed by atoms with Gasteiger partial charge in [0, 0.05) is 24.9 Å². The highest BCUT2D eigenvalue weighted by molar-refractivity contribution is 7.90. The normalized spacial score (nSPS) is 17.7. The summed E-state index contributed by atoms with van der Waals surface area (Å²) in [6.45, 7) is 0.796. The highest BCUT2D eigenvalue weighted by Crippen LogP contribution is 2.12. The summed E-state index contributed by atoms with van der Waals surface area (Å²) in [7, 11) is -3.73. The molecule has 0 aliphatic carbocycles. The molecule has 3 N–H and O–H groups in total. The van der Waals surface area contributed by atoms with E-state index in [0.29, 0.717) is 17.9 Å². The first-order chi connectivity index (χ1) is 11.8. The topological polar surface area (TPSA) is 122 Å². The average molecular weight is 368 g/mol. The number of hydrogen-bond acceptors (Lipinski definition) is 5. The van der Waals surface area contributed by atoms with Crippen LogP contribution in [0.3, 0.4) is 0 Å². The van der Waals surface area contributed by atoms with Crippen LogP contribution in [0.4, 0.5) is 5.69 Å². The average Bonchev–Trinajstić information content (AvgIpc) is 3.05. The smallest absolute Gasteiger partial charge is 0.328 e. The van der Waals surface area contributed by atoms with Crippen molar-refractivity contribution in [1.82, 2.24) is 4.72 Å². The van der Waals surface area contributed by atoms with E-state index in [0.717, 1.165) is 18.9 Å². The molecule has 8 nitrogen and oxygen atoms in total. The number of carbonyl (C=O) groups excluding carboxylic acids is 1. The molecule has 1 fully saturated rings. The van der Waals surface area contributed by atoms with Crippen molar-refractivity contribution in [2.24, 2.45) is 0 Å². The van der Waals surface area contributed by atoms with Crippen LogP contribution in [-0.4, -0.2) is 50.4 Å². The van der Waals surface area contributed by atoms with E-state index >= 15 is 0 Å². The zero-order valence-corrected chi connectivity index (χ0v) is 14.3. The lowest BCUT2D eigenvalue weighted by Gasteiger charge is -2.11.